The zero-order valence-corrected chi connectivity index (χ0v) is 12.8. The summed E-state index contributed by atoms with van der Waals surface area (Å²) in [6.07, 6.45) is 0. The van der Waals surface area contributed by atoms with Crippen LogP contribution in [0.2, 0.25) is 0 Å². The summed E-state index contributed by atoms with van der Waals surface area (Å²) in [7, 11) is 0. The molecule has 3 N–H and O–H groups in total. The number of H-pyrrole nitrogens is 1. The number of benzene rings is 2. The summed E-state index contributed by atoms with van der Waals surface area (Å²) < 4.78 is 10.1. The summed E-state index contributed by atoms with van der Waals surface area (Å²) in [5.74, 6) is -3.81. The molecule has 0 radical (unpaired) electrons. The van der Waals surface area contributed by atoms with Crippen LogP contribution in [-0.4, -0.2) is 27.1 Å². The Labute approximate surface area is 142 Å². The third-order valence-electron chi connectivity index (χ3n) is 3.28. The van der Waals surface area contributed by atoms with Crippen molar-refractivity contribution in [3.63, 3.8) is 0 Å². The van der Waals surface area contributed by atoms with Gasteiger partial charge >= 0.3 is 11.9 Å². The van der Waals surface area contributed by atoms with Crippen molar-refractivity contribution in [3.05, 3.63) is 71.8 Å². The third-order valence-corrected chi connectivity index (χ3v) is 3.28. The summed E-state index contributed by atoms with van der Waals surface area (Å²) in [5.41, 5.74) is 0.450. The Morgan fingerprint density at radius 3 is 1.40 bits per heavy atom. The molecule has 2 aromatic carbocycles. The highest BCUT2D eigenvalue weighted by Crippen LogP contribution is 2.44. The maximum absolute atomic E-state index is 12.1. The molecular formula is C18H13NO6. The minimum Gasteiger partial charge on any atom is -0.492 e. The number of ether oxygens (including phenoxy) is 2. The summed E-state index contributed by atoms with van der Waals surface area (Å²) in [6, 6.07) is 16.1. The number of carbonyl (C=O) groups is 2. The molecule has 0 atom stereocenters. The molecule has 0 spiro atoms. The monoisotopic (exact) mass is 339 g/mol. The van der Waals surface area contributed by atoms with E-state index < -0.39 is 35.2 Å². The maximum atomic E-state index is 12.1. The van der Waals surface area contributed by atoms with E-state index in [1.165, 1.54) is 24.3 Å². The van der Waals surface area contributed by atoms with E-state index >= 15 is 0 Å². The second-order valence-electron chi connectivity index (χ2n) is 4.99. The largest absolute Gasteiger partial charge is 0.492 e. The molecule has 1 heterocycles. The number of carbonyl (C=O) groups excluding carboxylic acids is 2. The van der Waals surface area contributed by atoms with Crippen LogP contribution in [0.25, 0.3) is 0 Å². The van der Waals surface area contributed by atoms with Crippen molar-refractivity contribution in [2.24, 2.45) is 0 Å². The highest BCUT2D eigenvalue weighted by Gasteiger charge is 2.26. The lowest BCUT2D eigenvalue weighted by atomic mass is 10.2. The molecule has 25 heavy (non-hydrogen) atoms. The molecule has 1 aromatic heterocycles. The fourth-order valence-corrected chi connectivity index (χ4v) is 2.08. The standard InChI is InChI=1S/C18H13NO6/c20-15-13(24-17(22)11-7-3-1-4-8-11)14(16(21)19-15)25-18(23)12-9-5-2-6-10-12/h1-10,19-21H. The van der Waals surface area contributed by atoms with Crippen LogP contribution < -0.4 is 9.47 Å². The molecule has 0 bridgehead atoms. The molecule has 0 aliphatic carbocycles. The number of aromatic amines is 1. The van der Waals surface area contributed by atoms with Crippen LogP contribution in [0, 0.1) is 0 Å². The average molecular weight is 339 g/mol. The zero-order valence-electron chi connectivity index (χ0n) is 12.8. The normalized spacial score (nSPS) is 10.2. The van der Waals surface area contributed by atoms with Crippen LogP contribution in [0.3, 0.4) is 0 Å². The molecular weight excluding hydrogens is 326 g/mol. The molecule has 0 aliphatic heterocycles. The first-order valence-corrected chi connectivity index (χ1v) is 7.24. The van der Waals surface area contributed by atoms with Crippen molar-refractivity contribution in [1.82, 2.24) is 4.98 Å². The van der Waals surface area contributed by atoms with E-state index in [4.69, 9.17) is 9.47 Å². The molecule has 3 aromatic rings. The summed E-state index contributed by atoms with van der Waals surface area (Å²) >= 11 is 0. The van der Waals surface area contributed by atoms with Gasteiger partial charge in [-0.15, -0.1) is 0 Å². The highest BCUT2D eigenvalue weighted by molar-refractivity contribution is 5.94. The van der Waals surface area contributed by atoms with Gasteiger partial charge in [-0.2, -0.15) is 0 Å². The number of esters is 2. The minimum absolute atomic E-state index is 0.225. The SMILES string of the molecule is O=C(Oc1c(O)[nH]c(O)c1OC(=O)c1ccccc1)c1ccccc1. The molecule has 0 amide bonds. The molecule has 7 nitrogen and oxygen atoms in total. The summed E-state index contributed by atoms with van der Waals surface area (Å²) in [4.78, 5) is 26.4. The predicted octanol–water partition coefficient (Wildman–Crippen LogP) is 2.86. The Morgan fingerprint density at radius 1 is 0.680 bits per heavy atom. The number of aromatic hydroxyl groups is 2. The lowest BCUT2D eigenvalue weighted by molar-refractivity contribution is 0.0677. The van der Waals surface area contributed by atoms with E-state index in [9.17, 15) is 19.8 Å². The quantitative estimate of drug-likeness (QED) is 0.631. The van der Waals surface area contributed by atoms with Gasteiger partial charge in [-0.1, -0.05) is 36.4 Å². The fraction of sp³-hybridized carbons (Fsp3) is 0. The van der Waals surface area contributed by atoms with Gasteiger partial charge in [0, 0.05) is 0 Å². The van der Waals surface area contributed by atoms with Gasteiger partial charge in [-0.05, 0) is 24.3 Å². The lowest BCUT2D eigenvalue weighted by Gasteiger charge is -2.07. The van der Waals surface area contributed by atoms with Crippen LogP contribution >= 0.6 is 0 Å². The Bertz CT molecular complexity index is 828. The second-order valence-corrected chi connectivity index (χ2v) is 4.99. The first-order valence-electron chi connectivity index (χ1n) is 7.24. The molecule has 7 heteroatoms. The van der Waals surface area contributed by atoms with Gasteiger partial charge in [0.25, 0.3) is 0 Å². The molecule has 0 unspecified atom stereocenters. The smallest absolute Gasteiger partial charge is 0.343 e. The van der Waals surface area contributed by atoms with Crippen LogP contribution in [0.15, 0.2) is 60.7 Å². The first-order chi connectivity index (χ1) is 12.1. The molecule has 3 rings (SSSR count). The van der Waals surface area contributed by atoms with Crippen LogP contribution in [0.4, 0.5) is 0 Å². The maximum Gasteiger partial charge on any atom is 0.343 e. The minimum atomic E-state index is -0.785. The first kappa shape index (κ1) is 16.1. The molecule has 0 fully saturated rings. The van der Waals surface area contributed by atoms with Gasteiger partial charge in [-0.25, -0.2) is 9.59 Å². The van der Waals surface area contributed by atoms with Crippen molar-refractivity contribution < 1.29 is 29.3 Å². The van der Waals surface area contributed by atoms with Gasteiger partial charge in [0.05, 0.1) is 11.1 Å². The second kappa shape index (κ2) is 6.79. The van der Waals surface area contributed by atoms with E-state index in [0.717, 1.165) is 0 Å². The number of rotatable bonds is 4. The summed E-state index contributed by atoms with van der Waals surface area (Å²) in [5, 5.41) is 19.6. The fourth-order valence-electron chi connectivity index (χ4n) is 2.08. The average Bonchev–Trinajstić information content (AvgIpc) is 2.90. The van der Waals surface area contributed by atoms with Crippen LogP contribution in [0.5, 0.6) is 23.3 Å². The lowest BCUT2D eigenvalue weighted by Crippen LogP contribution is -2.11. The summed E-state index contributed by atoms with van der Waals surface area (Å²) in [6.45, 7) is 0. The Hall–Kier alpha value is -3.74. The molecule has 0 saturated carbocycles. The van der Waals surface area contributed by atoms with E-state index in [2.05, 4.69) is 4.98 Å². The Balaban J connectivity index is 1.86. The van der Waals surface area contributed by atoms with Crippen LogP contribution in [0.1, 0.15) is 20.7 Å². The van der Waals surface area contributed by atoms with Gasteiger partial charge in [0.15, 0.2) is 0 Å². The Morgan fingerprint density at radius 2 is 1.04 bits per heavy atom. The van der Waals surface area contributed by atoms with Crippen molar-refractivity contribution >= 4 is 11.9 Å². The van der Waals surface area contributed by atoms with Crippen molar-refractivity contribution in [2.45, 2.75) is 0 Å². The third kappa shape index (κ3) is 3.45. The van der Waals surface area contributed by atoms with E-state index in [1.54, 1.807) is 36.4 Å². The van der Waals surface area contributed by atoms with E-state index in [1.807, 2.05) is 0 Å². The van der Waals surface area contributed by atoms with Crippen molar-refractivity contribution in [1.29, 1.82) is 0 Å². The predicted molar refractivity (Wildman–Crippen MR) is 86.9 cm³/mol. The van der Waals surface area contributed by atoms with E-state index in [0.29, 0.717) is 0 Å². The van der Waals surface area contributed by atoms with Crippen molar-refractivity contribution in [2.75, 3.05) is 0 Å². The van der Waals surface area contributed by atoms with Gasteiger partial charge in [-0.3, -0.25) is 4.98 Å². The molecule has 126 valence electrons. The number of hydrogen-bond acceptors (Lipinski definition) is 6. The highest BCUT2D eigenvalue weighted by atomic mass is 16.6. The van der Waals surface area contributed by atoms with Gasteiger partial charge in [0.2, 0.25) is 23.3 Å². The number of hydrogen-bond donors (Lipinski definition) is 3. The van der Waals surface area contributed by atoms with Crippen molar-refractivity contribution in [3.8, 4) is 23.3 Å². The van der Waals surface area contributed by atoms with Gasteiger partial charge < -0.3 is 19.7 Å². The number of aromatic nitrogens is 1. The van der Waals surface area contributed by atoms with Gasteiger partial charge in [0.1, 0.15) is 0 Å². The Kier molecular flexibility index (Phi) is 4.38. The van der Waals surface area contributed by atoms with E-state index in [-0.39, 0.29) is 11.1 Å². The zero-order chi connectivity index (χ0) is 17.8. The van der Waals surface area contributed by atoms with Crippen LogP contribution in [-0.2, 0) is 0 Å². The topological polar surface area (TPSA) is 109 Å². The molecule has 0 saturated heterocycles. The molecule has 0 aliphatic rings. The number of nitrogens with one attached hydrogen (secondary N) is 1.